The molecule has 6 rings (SSSR count). The van der Waals surface area contributed by atoms with Gasteiger partial charge in [0.1, 0.15) is 18.2 Å². The number of tetrazole rings is 1. The molecule has 0 spiro atoms. The SMILES string of the molecule is O=C(NC1COC2C1OCC2n1nnnc1-c1ccc2c(c1)OCO2)C1CCCCC1. The summed E-state index contributed by atoms with van der Waals surface area (Å²) in [7, 11) is 0. The number of nitrogens with one attached hydrogen (secondary N) is 1. The average Bonchev–Trinajstić information content (AvgIpc) is 3.58. The Morgan fingerprint density at radius 1 is 1.03 bits per heavy atom. The highest BCUT2D eigenvalue weighted by atomic mass is 16.7. The molecule has 4 unspecified atom stereocenters. The van der Waals surface area contributed by atoms with Crippen LogP contribution < -0.4 is 14.8 Å². The Bertz CT molecular complexity index is 975. The molecule has 1 N–H and O–H groups in total. The van der Waals surface area contributed by atoms with E-state index < -0.39 is 0 Å². The van der Waals surface area contributed by atoms with Crippen molar-refractivity contribution in [2.45, 2.75) is 56.4 Å². The second-order valence-corrected chi connectivity index (χ2v) is 8.63. The van der Waals surface area contributed by atoms with Crippen molar-refractivity contribution in [1.82, 2.24) is 25.5 Å². The minimum absolute atomic E-state index is 0.113. The van der Waals surface area contributed by atoms with Gasteiger partial charge in [0.25, 0.3) is 0 Å². The number of amides is 1. The quantitative estimate of drug-likeness (QED) is 0.781. The predicted molar refractivity (Wildman–Crippen MR) is 106 cm³/mol. The van der Waals surface area contributed by atoms with Crippen LogP contribution in [0.1, 0.15) is 38.1 Å². The summed E-state index contributed by atoms with van der Waals surface area (Å²) >= 11 is 0. The number of hydrogen-bond donors (Lipinski definition) is 1. The number of rotatable bonds is 4. The molecule has 3 aliphatic heterocycles. The van der Waals surface area contributed by atoms with E-state index in [0.717, 1.165) is 31.2 Å². The highest BCUT2D eigenvalue weighted by Crippen LogP contribution is 2.38. The number of hydrogen-bond acceptors (Lipinski definition) is 8. The predicted octanol–water partition coefficient (Wildman–Crippen LogP) is 1.47. The number of nitrogens with zero attached hydrogens (tertiary/aromatic N) is 4. The van der Waals surface area contributed by atoms with Crippen LogP contribution in [0.3, 0.4) is 0 Å². The maximum atomic E-state index is 12.7. The lowest BCUT2D eigenvalue weighted by atomic mass is 9.88. The zero-order chi connectivity index (χ0) is 20.8. The van der Waals surface area contributed by atoms with Crippen molar-refractivity contribution < 1.29 is 23.7 Å². The molecule has 1 aliphatic carbocycles. The van der Waals surface area contributed by atoms with Crippen molar-refractivity contribution in [2.24, 2.45) is 5.92 Å². The van der Waals surface area contributed by atoms with Gasteiger partial charge in [-0.05, 0) is 41.5 Å². The molecule has 0 radical (unpaired) electrons. The summed E-state index contributed by atoms with van der Waals surface area (Å²) in [6.45, 7) is 1.07. The molecule has 4 aliphatic rings. The van der Waals surface area contributed by atoms with Crippen molar-refractivity contribution in [1.29, 1.82) is 0 Å². The third kappa shape index (κ3) is 3.34. The number of ether oxygens (including phenoxy) is 4. The lowest BCUT2D eigenvalue weighted by Gasteiger charge is -2.24. The topological polar surface area (TPSA) is 110 Å². The van der Waals surface area contributed by atoms with E-state index in [-0.39, 0.29) is 42.9 Å². The van der Waals surface area contributed by atoms with Gasteiger partial charge in [-0.25, -0.2) is 4.68 Å². The van der Waals surface area contributed by atoms with Gasteiger partial charge in [-0.1, -0.05) is 19.3 Å². The maximum absolute atomic E-state index is 12.7. The average molecular weight is 427 g/mol. The molecule has 1 amide bonds. The fourth-order valence-corrected chi connectivity index (χ4v) is 5.12. The molecule has 2 aromatic rings. The van der Waals surface area contributed by atoms with E-state index in [9.17, 15) is 4.79 Å². The Balaban J connectivity index is 1.18. The van der Waals surface area contributed by atoms with Gasteiger partial charge in [-0.2, -0.15) is 0 Å². The highest BCUT2D eigenvalue weighted by molar-refractivity contribution is 5.79. The summed E-state index contributed by atoms with van der Waals surface area (Å²) in [5.41, 5.74) is 0.831. The molecule has 10 nitrogen and oxygen atoms in total. The molecule has 1 aromatic carbocycles. The minimum atomic E-state index is -0.215. The van der Waals surface area contributed by atoms with Crippen molar-refractivity contribution >= 4 is 5.91 Å². The molecule has 0 bridgehead atoms. The lowest BCUT2D eigenvalue weighted by molar-refractivity contribution is -0.127. The van der Waals surface area contributed by atoms with Crippen LogP contribution in [0.25, 0.3) is 11.4 Å². The second-order valence-electron chi connectivity index (χ2n) is 8.63. The number of carbonyl (C=O) groups excluding carboxylic acids is 1. The summed E-state index contributed by atoms with van der Waals surface area (Å²) in [4.78, 5) is 12.7. The smallest absolute Gasteiger partial charge is 0.231 e. The third-order valence-electron chi connectivity index (χ3n) is 6.77. The second kappa shape index (κ2) is 7.76. The van der Waals surface area contributed by atoms with Crippen LogP contribution in [0.2, 0.25) is 0 Å². The first-order chi connectivity index (χ1) is 15.3. The molecule has 164 valence electrons. The zero-order valence-corrected chi connectivity index (χ0v) is 17.1. The normalized spacial score (nSPS) is 29.8. The first kappa shape index (κ1) is 19.0. The van der Waals surface area contributed by atoms with E-state index in [2.05, 4.69) is 20.8 Å². The Hall–Kier alpha value is -2.72. The Kier molecular flexibility index (Phi) is 4.76. The lowest BCUT2D eigenvalue weighted by Crippen LogP contribution is -2.46. The molecular weight excluding hydrogens is 402 g/mol. The van der Waals surface area contributed by atoms with Gasteiger partial charge in [0.15, 0.2) is 17.3 Å². The highest BCUT2D eigenvalue weighted by Gasteiger charge is 2.50. The van der Waals surface area contributed by atoms with Gasteiger partial charge in [-0.15, -0.1) is 5.10 Å². The first-order valence-electron chi connectivity index (χ1n) is 11.0. The van der Waals surface area contributed by atoms with Gasteiger partial charge < -0.3 is 24.3 Å². The number of aromatic nitrogens is 4. The van der Waals surface area contributed by atoms with Crippen molar-refractivity contribution in [3.8, 4) is 22.9 Å². The van der Waals surface area contributed by atoms with E-state index in [1.165, 1.54) is 6.42 Å². The monoisotopic (exact) mass is 427 g/mol. The van der Waals surface area contributed by atoms with Crippen LogP contribution in [-0.2, 0) is 14.3 Å². The standard InChI is InChI=1S/C21H25N5O5/c27-21(12-4-2-1-3-5-12)22-14-9-28-19-15(10-29-18(14)19)26-20(23-24-25-26)13-6-7-16-17(8-13)31-11-30-16/h6-8,12,14-15,18-19H,1-5,9-11H2,(H,22,27). The zero-order valence-electron chi connectivity index (χ0n) is 17.1. The molecule has 2 saturated heterocycles. The van der Waals surface area contributed by atoms with Crippen molar-refractivity contribution in [2.75, 3.05) is 20.0 Å². The number of fused-ring (bicyclic) bond motifs is 2. The van der Waals surface area contributed by atoms with Gasteiger partial charge in [0.05, 0.1) is 19.3 Å². The van der Waals surface area contributed by atoms with E-state index in [4.69, 9.17) is 18.9 Å². The van der Waals surface area contributed by atoms with E-state index in [0.29, 0.717) is 30.5 Å². The van der Waals surface area contributed by atoms with E-state index in [1.807, 2.05) is 18.2 Å². The van der Waals surface area contributed by atoms with Gasteiger partial charge in [-0.3, -0.25) is 4.79 Å². The van der Waals surface area contributed by atoms with E-state index >= 15 is 0 Å². The van der Waals surface area contributed by atoms with Crippen LogP contribution in [0, 0.1) is 5.92 Å². The molecule has 4 heterocycles. The Morgan fingerprint density at radius 2 is 1.87 bits per heavy atom. The third-order valence-corrected chi connectivity index (χ3v) is 6.77. The maximum Gasteiger partial charge on any atom is 0.231 e. The Labute approximate surface area is 179 Å². The van der Waals surface area contributed by atoms with Crippen LogP contribution >= 0.6 is 0 Å². The van der Waals surface area contributed by atoms with E-state index in [1.54, 1.807) is 4.68 Å². The molecule has 1 aromatic heterocycles. The van der Waals surface area contributed by atoms with Gasteiger partial charge in [0.2, 0.25) is 12.7 Å². The summed E-state index contributed by atoms with van der Waals surface area (Å²) in [5.74, 6) is 2.25. The molecule has 10 heteroatoms. The van der Waals surface area contributed by atoms with Crippen molar-refractivity contribution in [3.63, 3.8) is 0 Å². The van der Waals surface area contributed by atoms with Crippen LogP contribution in [0.4, 0.5) is 0 Å². The van der Waals surface area contributed by atoms with Crippen LogP contribution in [0.15, 0.2) is 18.2 Å². The molecule has 31 heavy (non-hydrogen) atoms. The molecule has 4 atom stereocenters. The fourth-order valence-electron chi connectivity index (χ4n) is 5.12. The van der Waals surface area contributed by atoms with Gasteiger partial charge in [0, 0.05) is 11.5 Å². The molecule has 1 saturated carbocycles. The fraction of sp³-hybridized carbons (Fsp3) is 0.619. The summed E-state index contributed by atoms with van der Waals surface area (Å²) in [5, 5.41) is 15.5. The van der Waals surface area contributed by atoms with Crippen molar-refractivity contribution in [3.05, 3.63) is 18.2 Å². The summed E-state index contributed by atoms with van der Waals surface area (Å²) in [6, 6.07) is 5.33. The number of carbonyl (C=O) groups is 1. The van der Waals surface area contributed by atoms with Gasteiger partial charge >= 0.3 is 0 Å². The van der Waals surface area contributed by atoms with Crippen LogP contribution in [-0.4, -0.2) is 64.4 Å². The molecular formula is C21H25N5O5. The summed E-state index contributed by atoms with van der Waals surface area (Å²) < 4.78 is 24.8. The number of benzene rings is 1. The summed E-state index contributed by atoms with van der Waals surface area (Å²) in [6.07, 6.45) is 5.02. The molecule has 3 fully saturated rings. The minimum Gasteiger partial charge on any atom is -0.454 e. The first-order valence-corrected chi connectivity index (χ1v) is 11.0. The van der Waals surface area contributed by atoms with Crippen LogP contribution in [0.5, 0.6) is 11.5 Å². The largest absolute Gasteiger partial charge is 0.454 e. The Morgan fingerprint density at radius 3 is 2.77 bits per heavy atom.